The number of amides is 1. The number of benzene rings is 2. The Hall–Kier alpha value is -2.78. The molecule has 0 aliphatic carbocycles. The van der Waals surface area contributed by atoms with E-state index in [1.807, 2.05) is 0 Å². The Morgan fingerprint density at radius 1 is 1.17 bits per heavy atom. The van der Waals surface area contributed by atoms with E-state index in [4.69, 9.17) is 0 Å². The van der Waals surface area contributed by atoms with Gasteiger partial charge in [-0.1, -0.05) is 26.0 Å². The van der Waals surface area contributed by atoms with Crippen molar-refractivity contribution in [1.82, 2.24) is 4.31 Å². The van der Waals surface area contributed by atoms with Crippen LogP contribution in [0.15, 0.2) is 41.3 Å². The first-order chi connectivity index (χ1) is 13.7. The molecule has 2 aromatic carbocycles. The second kappa shape index (κ2) is 7.92. The molecule has 0 bridgehead atoms. The number of aryl methyl sites for hydroxylation is 1. The summed E-state index contributed by atoms with van der Waals surface area (Å²) in [4.78, 5) is 25.3. The zero-order valence-electron chi connectivity index (χ0n) is 16.6. The van der Waals surface area contributed by atoms with E-state index in [-0.39, 0.29) is 22.1 Å². The number of hydrogen-bond acceptors (Lipinski definition) is 5. The van der Waals surface area contributed by atoms with Gasteiger partial charge in [-0.05, 0) is 36.6 Å². The molecule has 0 fully saturated rings. The Balaban J connectivity index is 2.01. The minimum atomic E-state index is -3.72. The van der Waals surface area contributed by atoms with Crippen LogP contribution in [-0.4, -0.2) is 43.2 Å². The number of rotatable bonds is 6. The second-order valence-electron chi connectivity index (χ2n) is 6.85. The Kier molecular flexibility index (Phi) is 5.72. The standard InChI is InChI=1S/C20H23N3O5S/c1-4-21(5-2)29(27,28)19-12-16(7-6-14(19)3)20(24)22-11-10-15-8-9-17(23(25)26)13-18(15)22/h6-9,12-13H,4-5,10-11H2,1-3H3. The van der Waals surface area contributed by atoms with Gasteiger partial charge in [0.1, 0.15) is 0 Å². The van der Waals surface area contributed by atoms with E-state index < -0.39 is 14.9 Å². The molecular formula is C20H23N3O5S. The smallest absolute Gasteiger partial charge is 0.271 e. The first-order valence-electron chi connectivity index (χ1n) is 9.40. The van der Waals surface area contributed by atoms with Crippen molar-refractivity contribution in [2.45, 2.75) is 32.1 Å². The highest BCUT2D eigenvalue weighted by Gasteiger charge is 2.30. The molecule has 1 aliphatic rings. The molecule has 1 aliphatic heterocycles. The van der Waals surface area contributed by atoms with E-state index in [9.17, 15) is 23.3 Å². The molecule has 1 amide bonds. The molecule has 0 aromatic heterocycles. The van der Waals surface area contributed by atoms with Crippen molar-refractivity contribution in [3.05, 3.63) is 63.2 Å². The zero-order valence-corrected chi connectivity index (χ0v) is 17.4. The molecule has 2 aromatic rings. The minimum absolute atomic E-state index is 0.0860. The largest absolute Gasteiger partial charge is 0.307 e. The van der Waals surface area contributed by atoms with Gasteiger partial charge in [0, 0.05) is 37.3 Å². The summed E-state index contributed by atoms with van der Waals surface area (Å²) in [5.41, 5.74) is 2.06. The third-order valence-electron chi connectivity index (χ3n) is 5.18. The van der Waals surface area contributed by atoms with Crippen LogP contribution in [0.25, 0.3) is 0 Å². The summed E-state index contributed by atoms with van der Waals surface area (Å²) in [6.07, 6.45) is 0.593. The van der Waals surface area contributed by atoms with Crippen molar-refractivity contribution in [3.8, 4) is 0 Å². The van der Waals surface area contributed by atoms with Crippen molar-refractivity contribution in [2.24, 2.45) is 0 Å². The van der Waals surface area contributed by atoms with Gasteiger partial charge in [-0.25, -0.2) is 8.42 Å². The van der Waals surface area contributed by atoms with Crippen LogP contribution >= 0.6 is 0 Å². The lowest BCUT2D eigenvalue weighted by Gasteiger charge is -2.21. The lowest BCUT2D eigenvalue weighted by Crippen LogP contribution is -2.32. The molecule has 0 radical (unpaired) electrons. The number of fused-ring (bicyclic) bond motifs is 1. The van der Waals surface area contributed by atoms with E-state index in [2.05, 4.69) is 0 Å². The number of carbonyl (C=O) groups is 1. The maximum atomic E-state index is 13.1. The van der Waals surface area contributed by atoms with E-state index in [1.165, 1.54) is 27.4 Å². The third-order valence-corrected chi connectivity index (χ3v) is 7.37. The summed E-state index contributed by atoms with van der Waals surface area (Å²) in [5, 5.41) is 11.1. The fourth-order valence-electron chi connectivity index (χ4n) is 3.56. The Bertz CT molecular complexity index is 1080. The van der Waals surface area contributed by atoms with Crippen molar-refractivity contribution in [2.75, 3.05) is 24.5 Å². The van der Waals surface area contributed by atoms with Crippen LogP contribution in [0.3, 0.4) is 0 Å². The lowest BCUT2D eigenvalue weighted by atomic mass is 10.1. The van der Waals surface area contributed by atoms with E-state index in [0.717, 1.165) is 5.56 Å². The SMILES string of the molecule is CCN(CC)S(=O)(=O)c1cc(C(=O)N2CCc3ccc([N+](=O)[O-])cc32)ccc1C. The first kappa shape index (κ1) is 20.9. The molecule has 0 atom stereocenters. The van der Waals surface area contributed by atoms with Crippen LogP contribution < -0.4 is 4.90 Å². The van der Waals surface area contributed by atoms with Crippen LogP contribution in [0.1, 0.15) is 35.3 Å². The van der Waals surface area contributed by atoms with Crippen LogP contribution in [0.4, 0.5) is 11.4 Å². The van der Waals surface area contributed by atoms with Crippen molar-refractivity contribution < 1.29 is 18.1 Å². The van der Waals surface area contributed by atoms with E-state index >= 15 is 0 Å². The topological polar surface area (TPSA) is 101 Å². The Morgan fingerprint density at radius 2 is 1.86 bits per heavy atom. The number of anilines is 1. The Labute approximate surface area is 169 Å². The van der Waals surface area contributed by atoms with E-state index in [1.54, 1.807) is 39.0 Å². The van der Waals surface area contributed by atoms with Gasteiger partial charge in [-0.15, -0.1) is 0 Å². The maximum Gasteiger partial charge on any atom is 0.271 e. The van der Waals surface area contributed by atoms with Crippen molar-refractivity contribution in [3.63, 3.8) is 0 Å². The monoisotopic (exact) mass is 417 g/mol. The number of hydrogen-bond donors (Lipinski definition) is 0. The van der Waals surface area contributed by atoms with Gasteiger partial charge < -0.3 is 4.90 Å². The number of nitro groups is 1. The summed E-state index contributed by atoms with van der Waals surface area (Å²) in [5.74, 6) is -0.375. The molecule has 9 heteroatoms. The summed E-state index contributed by atoms with van der Waals surface area (Å²) >= 11 is 0. The molecule has 3 rings (SSSR count). The van der Waals surface area contributed by atoms with Gasteiger partial charge in [0.2, 0.25) is 10.0 Å². The highest BCUT2D eigenvalue weighted by Crippen LogP contribution is 2.33. The van der Waals surface area contributed by atoms with E-state index in [0.29, 0.717) is 37.3 Å². The molecule has 1 heterocycles. The summed E-state index contributed by atoms with van der Waals surface area (Å²) in [6.45, 7) is 6.28. The molecule has 154 valence electrons. The zero-order chi connectivity index (χ0) is 21.3. The van der Waals surface area contributed by atoms with Crippen LogP contribution in [0.2, 0.25) is 0 Å². The quantitative estimate of drug-likeness (QED) is 0.531. The van der Waals surface area contributed by atoms with Gasteiger partial charge >= 0.3 is 0 Å². The number of nitro benzene ring substituents is 1. The molecule has 0 saturated heterocycles. The predicted molar refractivity (Wildman–Crippen MR) is 110 cm³/mol. The summed E-state index contributed by atoms with van der Waals surface area (Å²) in [7, 11) is -3.72. The van der Waals surface area contributed by atoms with Gasteiger partial charge in [-0.3, -0.25) is 14.9 Å². The minimum Gasteiger partial charge on any atom is -0.307 e. The second-order valence-corrected chi connectivity index (χ2v) is 8.75. The average molecular weight is 417 g/mol. The van der Waals surface area contributed by atoms with Gasteiger partial charge in [0.15, 0.2) is 0 Å². The lowest BCUT2D eigenvalue weighted by molar-refractivity contribution is -0.384. The number of carbonyl (C=O) groups excluding carboxylic acids is 1. The first-order valence-corrected chi connectivity index (χ1v) is 10.8. The number of nitrogens with zero attached hydrogens (tertiary/aromatic N) is 3. The Morgan fingerprint density at radius 3 is 2.48 bits per heavy atom. The fourth-order valence-corrected chi connectivity index (χ4v) is 5.27. The average Bonchev–Trinajstić information content (AvgIpc) is 3.11. The third kappa shape index (κ3) is 3.75. The summed E-state index contributed by atoms with van der Waals surface area (Å²) < 4.78 is 27.3. The molecule has 8 nitrogen and oxygen atoms in total. The molecule has 0 unspecified atom stereocenters. The molecule has 0 N–H and O–H groups in total. The number of sulfonamides is 1. The van der Waals surface area contributed by atoms with Crippen molar-refractivity contribution >= 4 is 27.3 Å². The highest BCUT2D eigenvalue weighted by molar-refractivity contribution is 7.89. The van der Waals surface area contributed by atoms with Gasteiger partial charge in [0.05, 0.1) is 15.5 Å². The summed E-state index contributed by atoms with van der Waals surface area (Å²) in [6, 6.07) is 9.09. The maximum absolute atomic E-state index is 13.1. The van der Waals surface area contributed by atoms with Gasteiger partial charge in [0.25, 0.3) is 11.6 Å². The molecule has 0 saturated carbocycles. The molecule has 0 spiro atoms. The fraction of sp³-hybridized carbons (Fsp3) is 0.350. The van der Waals surface area contributed by atoms with Crippen molar-refractivity contribution in [1.29, 1.82) is 0 Å². The normalized spacial score (nSPS) is 13.6. The molecular weight excluding hydrogens is 394 g/mol. The molecule has 29 heavy (non-hydrogen) atoms. The van der Waals surface area contributed by atoms with Gasteiger partial charge in [-0.2, -0.15) is 4.31 Å². The number of non-ortho nitro benzene ring substituents is 1. The van der Waals surface area contributed by atoms with Crippen LogP contribution in [-0.2, 0) is 16.4 Å². The highest BCUT2D eigenvalue weighted by atomic mass is 32.2. The van der Waals surface area contributed by atoms with Crippen LogP contribution in [0.5, 0.6) is 0 Å². The van der Waals surface area contributed by atoms with Crippen LogP contribution in [0, 0.1) is 17.0 Å². The predicted octanol–water partition coefficient (Wildman–Crippen LogP) is 3.14.